The van der Waals surface area contributed by atoms with Crippen LogP contribution in [0.25, 0.3) is 5.69 Å². The monoisotopic (exact) mass is 413 g/mol. The summed E-state index contributed by atoms with van der Waals surface area (Å²) >= 11 is 1.45. The standard InChI is InChI=1S/C21H20FN3O3S/c1-28-19(26)12-15(18-10-5-11-29-18)23-21(27)20-13-6-4-9-16(13)25(24-20)17-8-3-2-7-14(17)22/h2-3,5,7-8,10-11,15H,4,6,9,12H2,1H3,(H,23,27). The number of hydrogen-bond acceptors (Lipinski definition) is 5. The number of nitrogens with one attached hydrogen (secondary N) is 1. The molecule has 29 heavy (non-hydrogen) atoms. The minimum Gasteiger partial charge on any atom is -0.469 e. The molecule has 1 N–H and O–H groups in total. The fourth-order valence-electron chi connectivity index (χ4n) is 3.63. The van der Waals surface area contributed by atoms with Gasteiger partial charge in [-0.15, -0.1) is 11.3 Å². The Morgan fingerprint density at radius 3 is 2.83 bits per heavy atom. The van der Waals surface area contributed by atoms with Gasteiger partial charge in [-0.1, -0.05) is 18.2 Å². The van der Waals surface area contributed by atoms with Crippen LogP contribution in [0.15, 0.2) is 41.8 Å². The van der Waals surface area contributed by atoms with Crippen molar-refractivity contribution in [1.29, 1.82) is 0 Å². The summed E-state index contributed by atoms with van der Waals surface area (Å²) in [5.74, 6) is -1.18. The summed E-state index contributed by atoms with van der Waals surface area (Å²) < 4.78 is 20.6. The van der Waals surface area contributed by atoms with E-state index < -0.39 is 12.0 Å². The maximum absolute atomic E-state index is 14.3. The Bertz CT molecular complexity index is 1050. The minimum absolute atomic E-state index is 0.0268. The Labute approximate surface area is 171 Å². The van der Waals surface area contributed by atoms with Crippen molar-refractivity contribution in [3.05, 3.63) is 69.4 Å². The Hall–Kier alpha value is -3.00. The van der Waals surface area contributed by atoms with Crippen LogP contribution in [-0.4, -0.2) is 28.8 Å². The van der Waals surface area contributed by atoms with Gasteiger partial charge in [-0.2, -0.15) is 5.10 Å². The van der Waals surface area contributed by atoms with E-state index in [9.17, 15) is 14.0 Å². The molecule has 0 saturated carbocycles. The van der Waals surface area contributed by atoms with Gasteiger partial charge in [0.1, 0.15) is 11.5 Å². The van der Waals surface area contributed by atoms with E-state index >= 15 is 0 Å². The quantitative estimate of drug-likeness (QED) is 0.627. The molecule has 2 aromatic heterocycles. The van der Waals surface area contributed by atoms with Gasteiger partial charge in [0.2, 0.25) is 0 Å². The van der Waals surface area contributed by atoms with Crippen LogP contribution in [0.4, 0.5) is 4.39 Å². The van der Waals surface area contributed by atoms with Gasteiger partial charge in [-0.3, -0.25) is 9.59 Å². The van der Waals surface area contributed by atoms with Crippen molar-refractivity contribution in [2.24, 2.45) is 0 Å². The fraction of sp³-hybridized carbons (Fsp3) is 0.286. The van der Waals surface area contributed by atoms with Gasteiger partial charge in [0, 0.05) is 16.1 Å². The van der Waals surface area contributed by atoms with Crippen LogP contribution in [-0.2, 0) is 22.4 Å². The van der Waals surface area contributed by atoms with Gasteiger partial charge in [0.25, 0.3) is 5.91 Å². The number of methoxy groups -OCH3 is 1. The minimum atomic E-state index is -0.509. The van der Waals surface area contributed by atoms with E-state index in [1.807, 2.05) is 17.5 Å². The van der Waals surface area contributed by atoms with E-state index in [-0.39, 0.29) is 23.8 Å². The van der Waals surface area contributed by atoms with E-state index in [0.29, 0.717) is 12.1 Å². The number of carbonyl (C=O) groups is 2. The van der Waals surface area contributed by atoms with Gasteiger partial charge in [-0.05, 0) is 42.8 Å². The molecule has 0 saturated heterocycles. The molecule has 0 fully saturated rings. The summed E-state index contributed by atoms with van der Waals surface area (Å²) in [6, 6.07) is 9.60. The first-order chi connectivity index (χ1) is 14.1. The largest absolute Gasteiger partial charge is 0.469 e. The Morgan fingerprint density at radius 2 is 2.10 bits per heavy atom. The second-order valence-electron chi connectivity index (χ2n) is 6.81. The fourth-order valence-corrected chi connectivity index (χ4v) is 4.41. The molecule has 1 atom stereocenters. The summed E-state index contributed by atoms with van der Waals surface area (Å²) in [7, 11) is 1.32. The lowest BCUT2D eigenvalue weighted by Crippen LogP contribution is -2.31. The third kappa shape index (κ3) is 3.80. The number of ether oxygens (including phenoxy) is 1. The Kier molecular flexibility index (Phi) is 5.44. The van der Waals surface area contributed by atoms with Crippen molar-refractivity contribution in [2.75, 3.05) is 7.11 Å². The first-order valence-corrected chi connectivity index (χ1v) is 10.2. The molecule has 3 aromatic rings. The second-order valence-corrected chi connectivity index (χ2v) is 7.79. The summed E-state index contributed by atoms with van der Waals surface area (Å²) in [5, 5.41) is 9.24. The smallest absolute Gasteiger partial charge is 0.307 e. The summed E-state index contributed by atoms with van der Waals surface area (Å²) in [6.07, 6.45) is 2.37. The zero-order valence-corrected chi connectivity index (χ0v) is 16.7. The van der Waals surface area contributed by atoms with Crippen LogP contribution in [0.2, 0.25) is 0 Å². The number of hydrogen-bond donors (Lipinski definition) is 1. The normalized spacial score (nSPS) is 13.7. The van der Waals surface area contributed by atoms with E-state index in [4.69, 9.17) is 4.74 Å². The topological polar surface area (TPSA) is 73.2 Å². The average molecular weight is 413 g/mol. The highest BCUT2D eigenvalue weighted by atomic mass is 32.1. The molecule has 0 radical (unpaired) electrons. The zero-order chi connectivity index (χ0) is 20.4. The highest BCUT2D eigenvalue weighted by Gasteiger charge is 2.29. The Balaban J connectivity index is 1.66. The van der Waals surface area contributed by atoms with Crippen molar-refractivity contribution in [2.45, 2.75) is 31.7 Å². The number of aromatic nitrogens is 2. The van der Waals surface area contributed by atoms with Crippen LogP contribution < -0.4 is 5.32 Å². The van der Waals surface area contributed by atoms with Crippen molar-refractivity contribution in [3.63, 3.8) is 0 Å². The van der Waals surface area contributed by atoms with Gasteiger partial charge < -0.3 is 10.1 Å². The highest BCUT2D eigenvalue weighted by Crippen LogP contribution is 2.30. The number of rotatable bonds is 6. The summed E-state index contributed by atoms with van der Waals surface area (Å²) in [5.41, 5.74) is 2.32. The molecule has 1 amide bonds. The summed E-state index contributed by atoms with van der Waals surface area (Å²) in [6.45, 7) is 0. The molecule has 0 spiro atoms. The van der Waals surface area contributed by atoms with Gasteiger partial charge in [-0.25, -0.2) is 9.07 Å². The van der Waals surface area contributed by atoms with E-state index in [2.05, 4.69) is 10.4 Å². The zero-order valence-electron chi connectivity index (χ0n) is 15.9. The molecule has 2 heterocycles. The number of benzene rings is 1. The SMILES string of the molecule is COC(=O)CC(NC(=O)c1nn(-c2ccccc2F)c2c1CCC2)c1cccs1. The highest BCUT2D eigenvalue weighted by molar-refractivity contribution is 7.10. The number of esters is 1. The van der Waals surface area contributed by atoms with Crippen LogP contribution in [0, 0.1) is 5.82 Å². The molecule has 0 bridgehead atoms. The van der Waals surface area contributed by atoms with Crippen molar-refractivity contribution in [1.82, 2.24) is 15.1 Å². The summed E-state index contributed by atoms with van der Waals surface area (Å²) in [4.78, 5) is 25.8. The number of carbonyl (C=O) groups excluding carboxylic acids is 2. The van der Waals surface area contributed by atoms with E-state index in [1.165, 1.54) is 29.2 Å². The van der Waals surface area contributed by atoms with Crippen LogP contribution in [0.1, 0.15) is 45.5 Å². The van der Waals surface area contributed by atoms with Crippen LogP contribution in [0.5, 0.6) is 0 Å². The molecular weight excluding hydrogens is 393 g/mol. The molecular formula is C21H20FN3O3S. The average Bonchev–Trinajstić information content (AvgIpc) is 3.45. The molecule has 1 unspecified atom stereocenters. The number of fused-ring (bicyclic) bond motifs is 1. The maximum atomic E-state index is 14.3. The third-order valence-electron chi connectivity index (χ3n) is 5.02. The molecule has 1 aliphatic rings. The van der Waals surface area contributed by atoms with Gasteiger partial charge in [0.15, 0.2) is 5.69 Å². The molecule has 1 aromatic carbocycles. The molecule has 150 valence electrons. The predicted molar refractivity (Wildman–Crippen MR) is 107 cm³/mol. The van der Waals surface area contributed by atoms with Gasteiger partial charge in [0.05, 0.1) is 19.6 Å². The number of nitrogens with zero attached hydrogens (tertiary/aromatic N) is 2. The lowest BCUT2D eigenvalue weighted by Gasteiger charge is -2.16. The molecule has 8 heteroatoms. The molecule has 6 nitrogen and oxygen atoms in total. The lowest BCUT2D eigenvalue weighted by atomic mass is 10.1. The lowest BCUT2D eigenvalue weighted by molar-refractivity contribution is -0.141. The number of halogens is 1. The Morgan fingerprint density at radius 1 is 1.28 bits per heavy atom. The number of amides is 1. The van der Waals surface area contributed by atoms with Crippen molar-refractivity contribution >= 4 is 23.2 Å². The van der Waals surface area contributed by atoms with E-state index in [0.717, 1.165) is 29.0 Å². The first-order valence-electron chi connectivity index (χ1n) is 9.35. The second kappa shape index (κ2) is 8.16. The molecule has 1 aliphatic carbocycles. The number of para-hydroxylation sites is 1. The number of thiophene rings is 1. The van der Waals surface area contributed by atoms with Crippen molar-refractivity contribution < 1.29 is 18.7 Å². The maximum Gasteiger partial charge on any atom is 0.307 e. The van der Waals surface area contributed by atoms with E-state index in [1.54, 1.807) is 18.2 Å². The van der Waals surface area contributed by atoms with Crippen LogP contribution >= 0.6 is 11.3 Å². The first kappa shape index (κ1) is 19.3. The van der Waals surface area contributed by atoms with Crippen LogP contribution in [0.3, 0.4) is 0 Å². The third-order valence-corrected chi connectivity index (χ3v) is 6.00. The van der Waals surface area contributed by atoms with Gasteiger partial charge >= 0.3 is 5.97 Å². The van der Waals surface area contributed by atoms with Crippen molar-refractivity contribution in [3.8, 4) is 5.69 Å². The molecule has 4 rings (SSSR count). The predicted octanol–water partition coefficient (Wildman–Crippen LogP) is 3.60. The molecule has 0 aliphatic heterocycles.